The van der Waals surface area contributed by atoms with Crippen LogP contribution in [0.3, 0.4) is 0 Å². The predicted octanol–water partition coefficient (Wildman–Crippen LogP) is 5.01. The van der Waals surface area contributed by atoms with Gasteiger partial charge in [0.15, 0.2) is 0 Å². The molecule has 0 saturated heterocycles. The lowest BCUT2D eigenvalue weighted by Gasteiger charge is -2.07. The van der Waals surface area contributed by atoms with Crippen LogP contribution in [0.2, 0.25) is 0 Å². The van der Waals surface area contributed by atoms with E-state index in [4.69, 9.17) is 0 Å². The van der Waals surface area contributed by atoms with Crippen molar-refractivity contribution in [2.24, 2.45) is 0 Å². The van der Waals surface area contributed by atoms with Crippen molar-refractivity contribution in [1.82, 2.24) is 4.98 Å². The molecule has 2 N–H and O–H groups in total. The Bertz CT molecular complexity index is 798. The van der Waals surface area contributed by atoms with Crippen molar-refractivity contribution in [3.8, 4) is 0 Å². The molecule has 6 heteroatoms. The van der Waals surface area contributed by atoms with Gasteiger partial charge in [-0.1, -0.05) is 15.9 Å². The van der Waals surface area contributed by atoms with Crippen LogP contribution >= 0.6 is 27.3 Å². The SMILES string of the molecule is Cc1nc2cc(NC(=O)Nc3ccc(Br)cc3)ccc2s1. The topological polar surface area (TPSA) is 54.0 Å². The van der Waals surface area contributed by atoms with Crippen molar-refractivity contribution in [3.05, 3.63) is 51.9 Å². The molecule has 0 aliphatic rings. The third-order valence-electron chi connectivity index (χ3n) is 2.85. The zero-order valence-electron chi connectivity index (χ0n) is 11.2. The van der Waals surface area contributed by atoms with Gasteiger partial charge in [-0.15, -0.1) is 11.3 Å². The molecule has 0 saturated carbocycles. The van der Waals surface area contributed by atoms with Gasteiger partial charge in [0.1, 0.15) is 0 Å². The Morgan fingerprint density at radius 3 is 2.52 bits per heavy atom. The Morgan fingerprint density at radius 2 is 1.76 bits per heavy atom. The molecule has 2 aromatic carbocycles. The lowest BCUT2D eigenvalue weighted by atomic mass is 10.3. The van der Waals surface area contributed by atoms with Gasteiger partial charge >= 0.3 is 6.03 Å². The molecule has 0 aliphatic carbocycles. The second kappa shape index (κ2) is 5.83. The van der Waals surface area contributed by atoms with Crippen LogP contribution in [0, 0.1) is 6.92 Å². The molecule has 1 aromatic heterocycles. The van der Waals surface area contributed by atoms with Gasteiger partial charge in [-0.3, -0.25) is 0 Å². The van der Waals surface area contributed by atoms with Crippen LogP contribution in [0.1, 0.15) is 5.01 Å². The summed E-state index contributed by atoms with van der Waals surface area (Å²) in [5.41, 5.74) is 2.36. The number of aromatic nitrogens is 1. The summed E-state index contributed by atoms with van der Waals surface area (Å²) >= 11 is 5.00. The first-order valence-electron chi connectivity index (χ1n) is 6.31. The lowest BCUT2D eigenvalue weighted by molar-refractivity contribution is 0.262. The Kier molecular flexibility index (Phi) is 3.90. The van der Waals surface area contributed by atoms with E-state index in [0.29, 0.717) is 0 Å². The fourth-order valence-corrected chi connectivity index (χ4v) is 3.02. The maximum Gasteiger partial charge on any atom is 0.323 e. The number of fused-ring (bicyclic) bond motifs is 1. The van der Waals surface area contributed by atoms with E-state index < -0.39 is 0 Å². The maximum absolute atomic E-state index is 12.0. The minimum absolute atomic E-state index is 0.274. The highest BCUT2D eigenvalue weighted by Gasteiger charge is 2.05. The Labute approximate surface area is 134 Å². The minimum atomic E-state index is -0.274. The van der Waals surface area contributed by atoms with Crippen LogP contribution in [0.15, 0.2) is 46.9 Å². The van der Waals surface area contributed by atoms with Gasteiger partial charge in [-0.2, -0.15) is 0 Å². The number of hydrogen-bond donors (Lipinski definition) is 2. The molecular formula is C15H12BrN3OS. The molecule has 3 rings (SSSR count). The van der Waals surface area contributed by atoms with Crippen molar-refractivity contribution in [2.45, 2.75) is 6.92 Å². The van der Waals surface area contributed by atoms with E-state index in [1.165, 1.54) is 0 Å². The summed E-state index contributed by atoms with van der Waals surface area (Å²) in [6, 6.07) is 12.9. The number of urea groups is 1. The number of nitrogens with one attached hydrogen (secondary N) is 2. The normalized spacial score (nSPS) is 10.6. The Morgan fingerprint density at radius 1 is 1.10 bits per heavy atom. The standard InChI is InChI=1S/C15H12BrN3OS/c1-9-17-13-8-12(6-7-14(13)21-9)19-15(20)18-11-4-2-10(16)3-5-11/h2-8H,1H3,(H2,18,19,20). The number of benzene rings is 2. The highest BCUT2D eigenvalue weighted by atomic mass is 79.9. The first-order chi connectivity index (χ1) is 10.1. The van der Waals surface area contributed by atoms with Crippen LogP contribution in [0.4, 0.5) is 16.2 Å². The van der Waals surface area contributed by atoms with Crippen molar-refractivity contribution in [1.29, 1.82) is 0 Å². The number of anilines is 2. The average molecular weight is 362 g/mol. The summed E-state index contributed by atoms with van der Waals surface area (Å²) in [5.74, 6) is 0. The van der Waals surface area contributed by atoms with Gasteiger partial charge in [-0.05, 0) is 49.4 Å². The van der Waals surface area contributed by atoms with E-state index in [1.54, 1.807) is 11.3 Å². The molecule has 2 amide bonds. The summed E-state index contributed by atoms with van der Waals surface area (Å²) in [6.07, 6.45) is 0. The molecule has 1 heterocycles. The van der Waals surface area contributed by atoms with Crippen molar-refractivity contribution >= 4 is 54.9 Å². The van der Waals surface area contributed by atoms with Crippen molar-refractivity contribution < 1.29 is 4.79 Å². The molecule has 0 radical (unpaired) electrons. The Balaban J connectivity index is 1.71. The van der Waals surface area contributed by atoms with Crippen LogP contribution < -0.4 is 10.6 Å². The number of aryl methyl sites for hydroxylation is 1. The van der Waals surface area contributed by atoms with E-state index >= 15 is 0 Å². The van der Waals surface area contributed by atoms with E-state index in [2.05, 4.69) is 31.5 Å². The van der Waals surface area contributed by atoms with E-state index in [1.807, 2.05) is 49.4 Å². The molecule has 0 bridgehead atoms. The van der Waals surface area contributed by atoms with Crippen LogP contribution in [0.5, 0.6) is 0 Å². The van der Waals surface area contributed by atoms with Gasteiger partial charge in [0.25, 0.3) is 0 Å². The molecule has 0 spiro atoms. The number of thiazole rings is 1. The summed E-state index contributed by atoms with van der Waals surface area (Å²) in [4.78, 5) is 16.4. The van der Waals surface area contributed by atoms with Crippen molar-refractivity contribution in [3.63, 3.8) is 0 Å². The summed E-state index contributed by atoms with van der Waals surface area (Å²) < 4.78 is 2.09. The second-order valence-electron chi connectivity index (χ2n) is 4.50. The molecule has 0 unspecified atom stereocenters. The molecule has 0 fully saturated rings. The zero-order chi connectivity index (χ0) is 14.8. The van der Waals surface area contributed by atoms with Gasteiger partial charge < -0.3 is 10.6 Å². The Hall–Kier alpha value is -1.92. The predicted molar refractivity (Wildman–Crippen MR) is 91.1 cm³/mol. The lowest BCUT2D eigenvalue weighted by Crippen LogP contribution is -2.19. The van der Waals surface area contributed by atoms with Gasteiger partial charge in [0.05, 0.1) is 15.2 Å². The number of hydrogen-bond acceptors (Lipinski definition) is 3. The van der Waals surface area contributed by atoms with Crippen LogP contribution in [-0.2, 0) is 0 Å². The number of nitrogens with zero attached hydrogens (tertiary/aromatic N) is 1. The number of carbonyl (C=O) groups excluding carboxylic acids is 1. The number of halogens is 1. The third kappa shape index (κ3) is 3.40. The fourth-order valence-electron chi connectivity index (χ4n) is 1.95. The number of rotatable bonds is 2. The number of carbonyl (C=O) groups is 1. The summed E-state index contributed by atoms with van der Waals surface area (Å²) in [5, 5.41) is 6.61. The van der Waals surface area contributed by atoms with Crippen LogP contribution in [-0.4, -0.2) is 11.0 Å². The van der Waals surface area contributed by atoms with Gasteiger partial charge in [0, 0.05) is 15.8 Å². The number of amides is 2. The molecule has 3 aromatic rings. The molecular weight excluding hydrogens is 350 g/mol. The highest BCUT2D eigenvalue weighted by Crippen LogP contribution is 2.24. The summed E-state index contributed by atoms with van der Waals surface area (Å²) in [6.45, 7) is 1.97. The average Bonchev–Trinajstić information content (AvgIpc) is 2.80. The zero-order valence-corrected chi connectivity index (χ0v) is 13.6. The molecule has 0 atom stereocenters. The van der Waals surface area contributed by atoms with Gasteiger partial charge in [-0.25, -0.2) is 9.78 Å². The first-order valence-corrected chi connectivity index (χ1v) is 7.92. The molecule has 106 valence electrons. The quantitative estimate of drug-likeness (QED) is 0.673. The van der Waals surface area contributed by atoms with Crippen molar-refractivity contribution in [2.75, 3.05) is 10.6 Å². The highest BCUT2D eigenvalue weighted by molar-refractivity contribution is 9.10. The molecule has 0 aliphatic heterocycles. The molecule has 4 nitrogen and oxygen atoms in total. The monoisotopic (exact) mass is 361 g/mol. The fraction of sp³-hybridized carbons (Fsp3) is 0.0667. The maximum atomic E-state index is 12.0. The minimum Gasteiger partial charge on any atom is -0.308 e. The summed E-state index contributed by atoms with van der Waals surface area (Å²) in [7, 11) is 0. The van der Waals surface area contributed by atoms with Gasteiger partial charge in [0.2, 0.25) is 0 Å². The smallest absolute Gasteiger partial charge is 0.308 e. The van der Waals surface area contributed by atoms with E-state index in [0.717, 1.165) is 31.1 Å². The molecule has 21 heavy (non-hydrogen) atoms. The van der Waals surface area contributed by atoms with E-state index in [9.17, 15) is 4.79 Å². The second-order valence-corrected chi connectivity index (χ2v) is 6.65. The van der Waals surface area contributed by atoms with E-state index in [-0.39, 0.29) is 6.03 Å². The largest absolute Gasteiger partial charge is 0.323 e. The van der Waals surface area contributed by atoms with Crippen LogP contribution in [0.25, 0.3) is 10.2 Å². The first kappa shape index (κ1) is 14.0. The third-order valence-corrected chi connectivity index (χ3v) is 4.33.